The Balaban J connectivity index is 2.52. The molecule has 0 aliphatic rings. The van der Waals surface area contributed by atoms with Crippen LogP contribution in [-0.2, 0) is 4.74 Å². The topological polar surface area (TPSA) is 41.5 Å². The van der Waals surface area contributed by atoms with Gasteiger partial charge in [-0.3, -0.25) is 0 Å². The maximum absolute atomic E-state index is 13.5. The Bertz CT molecular complexity index is 386. The predicted molar refractivity (Wildman–Crippen MR) is 74.8 cm³/mol. The molecular weight excluding hydrogens is 245 g/mol. The smallest absolute Gasteiger partial charge is 0.129 e. The third-order valence-corrected chi connectivity index (χ3v) is 3.25. The lowest BCUT2D eigenvalue weighted by Crippen LogP contribution is -2.25. The van der Waals surface area contributed by atoms with Crippen molar-refractivity contribution < 1.29 is 14.2 Å². The average Bonchev–Trinajstić information content (AvgIpc) is 2.35. The first-order valence-corrected chi connectivity index (χ1v) is 6.62. The molecule has 1 aromatic carbocycles. The van der Waals surface area contributed by atoms with Crippen LogP contribution >= 0.6 is 0 Å². The number of methoxy groups -OCH3 is 1. The molecule has 0 amide bonds. The summed E-state index contributed by atoms with van der Waals surface area (Å²) in [4.78, 5) is 0. The van der Waals surface area contributed by atoms with Gasteiger partial charge in [0.05, 0.1) is 12.7 Å². The first-order chi connectivity index (χ1) is 8.95. The fourth-order valence-corrected chi connectivity index (χ4v) is 2.09. The average molecular weight is 269 g/mol. The summed E-state index contributed by atoms with van der Waals surface area (Å²) in [5, 5.41) is 12.9. The number of hydrogen-bond donors (Lipinski definition) is 2. The van der Waals surface area contributed by atoms with E-state index in [1.807, 2.05) is 19.1 Å². The minimum atomic E-state index is -0.443. The van der Waals surface area contributed by atoms with E-state index in [0.29, 0.717) is 30.7 Å². The van der Waals surface area contributed by atoms with Gasteiger partial charge < -0.3 is 15.2 Å². The minimum absolute atomic E-state index is 0.132. The molecular formula is C15H24FNO2. The molecule has 4 heteroatoms. The van der Waals surface area contributed by atoms with E-state index in [0.717, 1.165) is 5.56 Å². The van der Waals surface area contributed by atoms with Crippen LogP contribution in [0.3, 0.4) is 0 Å². The van der Waals surface area contributed by atoms with E-state index in [2.05, 4.69) is 5.32 Å². The fourth-order valence-electron chi connectivity index (χ4n) is 2.09. The molecule has 0 heterocycles. The van der Waals surface area contributed by atoms with Crippen molar-refractivity contribution in [2.24, 2.45) is 0 Å². The molecule has 0 aliphatic heterocycles. The number of nitrogens with one attached hydrogen (secondary N) is 1. The first kappa shape index (κ1) is 16.1. The van der Waals surface area contributed by atoms with E-state index in [4.69, 9.17) is 4.74 Å². The number of rotatable bonds is 7. The van der Waals surface area contributed by atoms with Gasteiger partial charge in [-0.2, -0.15) is 0 Å². The molecule has 2 unspecified atom stereocenters. The summed E-state index contributed by atoms with van der Waals surface area (Å²) in [5.41, 5.74) is 2.41. The molecule has 1 rings (SSSR count). The summed E-state index contributed by atoms with van der Waals surface area (Å²) in [6, 6.07) is 3.87. The molecule has 0 bridgehead atoms. The Morgan fingerprint density at radius 3 is 2.42 bits per heavy atom. The van der Waals surface area contributed by atoms with Crippen molar-refractivity contribution in [1.29, 1.82) is 0 Å². The quantitative estimate of drug-likeness (QED) is 0.799. The second kappa shape index (κ2) is 7.58. The Kier molecular flexibility index (Phi) is 6.42. The molecule has 1 aromatic rings. The maximum Gasteiger partial charge on any atom is 0.129 e. The molecule has 0 aliphatic carbocycles. The summed E-state index contributed by atoms with van der Waals surface area (Å²) in [7, 11) is 1.57. The maximum atomic E-state index is 13.5. The molecule has 0 saturated carbocycles. The highest BCUT2D eigenvalue weighted by Crippen LogP contribution is 2.19. The normalized spacial score (nSPS) is 14.4. The Morgan fingerprint density at radius 1 is 1.32 bits per heavy atom. The van der Waals surface area contributed by atoms with E-state index < -0.39 is 6.10 Å². The summed E-state index contributed by atoms with van der Waals surface area (Å²) >= 11 is 0. The van der Waals surface area contributed by atoms with Gasteiger partial charge in [0.25, 0.3) is 0 Å². The minimum Gasteiger partial charge on any atom is -0.391 e. The van der Waals surface area contributed by atoms with Gasteiger partial charge in [-0.1, -0.05) is 12.1 Å². The van der Waals surface area contributed by atoms with Gasteiger partial charge in [0, 0.05) is 13.2 Å². The van der Waals surface area contributed by atoms with Crippen LogP contribution in [0.4, 0.5) is 4.39 Å². The number of hydrogen-bond acceptors (Lipinski definition) is 3. The fraction of sp³-hybridized carbons (Fsp3) is 0.600. The van der Waals surface area contributed by atoms with Gasteiger partial charge in [-0.15, -0.1) is 0 Å². The number of aliphatic hydroxyl groups excluding tert-OH is 1. The van der Waals surface area contributed by atoms with Crippen molar-refractivity contribution in [3.8, 4) is 0 Å². The monoisotopic (exact) mass is 269 g/mol. The number of aryl methyl sites for hydroxylation is 2. The van der Waals surface area contributed by atoms with Crippen LogP contribution in [0.5, 0.6) is 0 Å². The zero-order valence-corrected chi connectivity index (χ0v) is 12.2. The Morgan fingerprint density at radius 2 is 1.89 bits per heavy atom. The third kappa shape index (κ3) is 4.90. The SMILES string of the molecule is COCC(O)CCNC(C)c1cc(C)c(F)c(C)c1. The van der Waals surface area contributed by atoms with Crippen molar-refractivity contribution >= 4 is 0 Å². The summed E-state index contributed by atoms with van der Waals surface area (Å²) in [6.45, 7) is 6.64. The van der Waals surface area contributed by atoms with Crippen LogP contribution < -0.4 is 5.32 Å². The second-order valence-electron chi connectivity index (χ2n) is 5.04. The molecule has 0 fully saturated rings. The third-order valence-electron chi connectivity index (χ3n) is 3.25. The highest BCUT2D eigenvalue weighted by Gasteiger charge is 2.10. The van der Waals surface area contributed by atoms with Crippen molar-refractivity contribution in [2.75, 3.05) is 20.3 Å². The van der Waals surface area contributed by atoms with E-state index in [9.17, 15) is 9.50 Å². The summed E-state index contributed by atoms with van der Waals surface area (Å²) in [5.74, 6) is -0.133. The molecule has 3 nitrogen and oxygen atoms in total. The van der Waals surface area contributed by atoms with E-state index in [-0.39, 0.29) is 11.9 Å². The molecule has 2 N–H and O–H groups in total. The Hall–Kier alpha value is -0.970. The van der Waals surface area contributed by atoms with Crippen molar-refractivity contribution in [3.63, 3.8) is 0 Å². The van der Waals surface area contributed by atoms with E-state index >= 15 is 0 Å². The summed E-state index contributed by atoms with van der Waals surface area (Å²) in [6.07, 6.45) is 0.193. The zero-order valence-electron chi connectivity index (χ0n) is 12.2. The highest BCUT2D eigenvalue weighted by atomic mass is 19.1. The predicted octanol–water partition coefficient (Wildman–Crippen LogP) is 2.49. The van der Waals surface area contributed by atoms with Crippen LogP contribution in [0.25, 0.3) is 0 Å². The molecule has 0 spiro atoms. The number of benzene rings is 1. The van der Waals surface area contributed by atoms with Crippen LogP contribution in [0.1, 0.15) is 36.1 Å². The lowest BCUT2D eigenvalue weighted by atomic mass is 10.0. The lowest BCUT2D eigenvalue weighted by Gasteiger charge is -2.17. The first-order valence-electron chi connectivity index (χ1n) is 6.62. The van der Waals surface area contributed by atoms with Crippen LogP contribution in [0, 0.1) is 19.7 Å². The van der Waals surface area contributed by atoms with E-state index in [1.165, 1.54) is 0 Å². The van der Waals surface area contributed by atoms with Gasteiger partial charge in [0.1, 0.15) is 5.82 Å². The van der Waals surface area contributed by atoms with E-state index in [1.54, 1.807) is 21.0 Å². The van der Waals surface area contributed by atoms with Crippen molar-refractivity contribution in [3.05, 3.63) is 34.6 Å². The van der Waals surface area contributed by atoms with Gasteiger partial charge in [-0.25, -0.2) is 4.39 Å². The second-order valence-corrected chi connectivity index (χ2v) is 5.04. The lowest BCUT2D eigenvalue weighted by molar-refractivity contribution is 0.0590. The summed E-state index contributed by atoms with van der Waals surface area (Å²) < 4.78 is 18.4. The number of ether oxygens (including phenoxy) is 1. The Labute approximate surface area is 114 Å². The van der Waals surface area contributed by atoms with Crippen LogP contribution in [0.2, 0.25) is 0 Å². The number of aliphatic hydroxyl groups is 1. The largest absolute Gasteiger partial charge is 0.391 e. The van der Waals surface area contributed by atoms with Gasteiger partial charge in [0.2, 0.25) is 0 Å². The molecule has 2 atom stereocenters. The molecule has 0 aromatic heterocycles. The molecule has 0 saturated heterocycles. The highest BCUT2D eigenvalue weighted by molar-refractivity contribution is 5.32. The van der Waals surface area contributed by atoms with Crippen molar-refractivity contribution in [1.82, 2.24) is 5.32 Å². The van der Waals surface area contributed by atoms with Gasteiger partial charge >= 0.3 is 0 Å². The zero-order chi connectivity index (χ0) is 14.4. The van der Waals surface area contributed by atoms with Gasteiger partial charge in [-0.05, 0) is 50.4 Å². The molecule has 0 radical (unpaired) electrons. The number of halogens is 1. The molecule has 19 heavy (non-hydrogen) atoms. The van der Waals surface area contributed by atoms with Gasteiger partial charge in [0.15, 0.2) is 0 Å². The van der Waals surface area contributed by atoms with Crippen molar-refractivity contribution in [2.45, 2.75) is 39.3 Å². The molecule has 108 valence electrons. The standard InChI is InChI=1S/C15H24FNO2/c1-10-7-13(8-11(2)15(10)16)12(3)17-6-5-14(18)9-19-4/h7-8,12,14,17-18H,5-6,9H2,1-4H3. The van der Waals surface area contributed by atoms with Crippen LogP contribution in [0.15, 0.2) is 12.1 Å². The van der Waals surface area contributed by atoms with Crippen LogP contribution in [-0.4, -0.2) is 31.5 Å².